The molecular formula is C13H12F5NO. The van der Waals surface area contributed by atoms with E-state index in [1.807, 2.05) is 0 Å². The lowest BCUT2D eigenvalue weighted by Gasteiger charge is -2.29. The van der Waals surface area contributed by atoms with Crippen molar-refractivity contribution in [2.45, 2.75) is 32.0 Å². The molecule has 2 rings (SSSR count). The zero-order chi connectivity index (χ0) is 15.3. The fraction of sp³-hybridized carbons (Fsp3) is 0.385. The Kier molecular flexibility index (Phi) is 3.28. The third-order valence-electron chi connectivity index (χ3n) is 3.43. The molecule has 0 spiro atoms. The van der Waals surface area contributed by atoms with Gasteiger partial charge in [-0.1, -0.05) is 6.92 Å². The summed E-state index contributed by atoms with van der Waals surface area (Å²) in [6.07, 6.45) is -5.25. The van der Waals surface area contributed by atoms with Crippen LogP contribution < -0.4 is 5.73 Å². The second kappa shape index (κ2) is 4.44. The number of furan rings is 1. The van der Waals surface area contributed by atoms with Crippen molar-refractivity contribution < 1.29 is 26.4 Å². The van der Waals surface area contributed by atoms with Gasteiger partial charge < -0.3 is 10.2 Å². The van der Waals surface area contributed by atoms with Gasteiger partial charge in [0.2, 0.25) is 0 Å². The first kappa shape index (κ1) is 14.8. The van der Waals surface area contributed by atoms with E-state index in [-0.39, 0.29) is 10.9 Å². The number of hydrogen-bond donors (Lipinski definition) is 1. The highest BCUT2D eigenvalue weighted by Crippen LogP contribution is 2.43. The maximum absolute atomic E-state index is 13.6. The van der Waals surface area contributed by atoms with E-state index in [1.54, 1.807) is 0 Å². The molecule has 0 bridgehead atoms. The molecule has 110 valence electrons. The van der Waals surface area contributed by atoms with Crippen molar-refractivity contribution in [2.24, 2.45) is 5.73 Å². The van der Waals surface area contributed by atoms with Crippen molar-refractivity contribution in [1.82, 2.24) is 0 Å². The van der Waals surface area contributed by atoms with Crippen LogP contribution in [0.15, 0.2) is 16.5 Å². The van der Waals surface area contributed by atoms with Gasteiger partial charge >= 0.3 is 6.18 Å². The van der Waals surface area contributed by atoms with Crippen LogP contribution >= 0.6 is 0 Å². The second-order valence-electron chi connectivity index (χ2n) is 4.64. The molecule has 2 N–H and O–H groups in total. The molecule has 0 unspecified atom stereocenters. The first-order chi connectivity index (χ1) is 9.11. The van der Waals surface area contributed by atoms with Crippen LogP contribution in [0.4, 0.5) is 22.0 Å². The van der Waals surface area contributed by atoms with Crippen LogP contribution in [0.1, 0.15) is 24.7 Å². The lowest BCUT2D eigenvalue weighted by molar-refractivity contribution is -0.195. The molecule has 0 aliphatic rings. The fourth-order valence-electron chi connectivity index (χ4n) is 2.16. The number of halogens is 5. The quantitative estimate of drug-likeness (QED) is 0.845. The summed E-state index contributed by atoms with van der Waals surface area (Å²) in [5.41, 5.74) is 2.24. The van der Waals surface area contributed by atoms with E-state index in [0.29, 0.717) is 6.07 Å². The molecule has 2 nitrogen and oxygen atoms in total. The minimum Gasteiger partial charge on any atom is -0.455 e. The predicted octanol–water partition coefficient (Wildman–Crippen LogP) is 4.15. The predicted molar refractivity (Wildman–Crippen MR) is 63.1 cm³/mol. The van der Waals surface area contributed by atoms with Crippen molar-refractivity contribution in [3.8, 4) is 0 Å². The van der Waals surface area contributed by atoms with Crippen LogP contribution in [0.5, 0.6) is 0 Å². The number of aryl methyl sites for hydroxylation is 1. The van der Waals surface area contributed by atoms with Gasteiger partial charge in [0, 0.05) is 17.0 Å². The highest BCUT2D eigenvalue weighted by atomic mass is 19.4. The second-order valence-corrected chi connectivity index (χ2v) is 4.64. The van der Waals surface area contributed by atoms with Crippen molar-refractivity contribution in [1.29, 1.82) is 0 Å². The standard InChI is InChI=1S/C13H12F5NO/c1-3-12(19,13(16,17)18)11-6(2)8-4-7(14)5-9(15)10(8)20-11/h4-5H,3,19H2,1-2H3/t12-/m0/s1. The Bertz CT molecular complexity index is 661. The van der Waals surface area contributed by atoms with Gasteiger partial charge in [-0.25, -0.2) is 8.78 Å². The van der Waals surface area contributed by atoms with Crippen LogP contribution in [0.3, 0.4) is 0 Å². The summed E-state index contributed by atoms with van der Waals surface area (Å²) in [4.78, 5) is 0. The molecule has 0 aliphatic carbocycles. The monoisotopic (exact) mass is 293 g/mol. The van der Waals surface area contributed by atoms with Crippen LogP contribution in [0, 0.1) is 18.6 Å². The first-order valence-corrected chi connectivity index (χ1v) is 5.86. The number of alkyl halides is 3. The Morgan fingerprint density at radius 1 is 1.20 bits per heavy atom. The summed E-state index contributed by atoms with van der Waals surface area (Å²) in [7, 11) is 0. The number of benzene rings is 1. The summed E-state index contributed by atoms with van der Waals surface area (Å²) in [5, 5.41) is -0.0509. The molecule has 0 saturated heterocycles. The molecule has 0 amide bonds. The third-order valence-corrected chi connectivity index (χ3v) is 3.43. The minimum atomic E-state index is -4.77. The summed E-state index contributed by atoms with van der Waals surface area (Å²) in [5.74, 6) is -2.54. The van der Waals surface area contributed by atoms with E-state index in [4.69, 9.17) is 10.2 Å². The van der Waals surface area contributed by atoms with Crippen LogP contribution in [0.2, 0.25) is 0 Å². The molecule has 1 aromatic carbocycles. The smallest absolute Gasteiger partial charge is 0.413 e. The molecule has 0 fully saturated rings. The minimum absolute atomic E-state index is 0.0138. The number of hydrogen-bond acceptors (Lipinski definition) is 2. The topological polar surface area (TPSA) is 39.2 Å². The van der Waals surface area contributed by atoms with Crippen LogP contribution in [-0.2, 0) is 5.54 Å². The molecule has 7 heteroatoms. The first-order valence-electron chi connectivity index (χ1n) is 5.86. The fourth-order valence-corrected chi connectivity index (χ4v) is 2.16. The summed E-state index contributed by atoms with van der Waals surface area (Å²) in [6.45, 7) is 2.54. The average molecular weight is 293 g/mol. The van der Waals surface area contributed by atoms with Gasteiger partial charge in [0.1, 0.15) is 11.6 Å². The van der Waals surface area contributed by atoms with Crippen LogP contribution in [-0.4, -0.2) is 6.18 Å². The normalized spacial score (nSPS) is 15.6. The zero-order valence-corrected chi connectivity index (χ0v) is 10.7. The summed E-state index contributed by atoms with van der Waals surface area (Å²) >= 11 is 0. The molecule has 1 heterocycles. The lowest BCUT2D eigenvalue weighted by atomic mass is 9.90. The lowest BCUT2D eigenvalue weighted by Crippen LogP contribution is -2.50. The Labute approximate surface area is 111 Å². The SMILES string of the molecule is CC[C@](N)(c1oc2c(F)cc(F)cc2c1C)C(F)(F)F. The molecule has 2 aromatic rings. The molecule has 0 aliphatic heterocycles. The third kappa shape index (κ3) is 1.96. The largest absolute Gasteiger partial charge is 0.455 e. The molecular weight excluding hydrogens is 281 g/mol. The molecule has 1 atom stereocenters. The average Bonchev–Trinajstić information content (AvgIpc) is 2.65. The Morgan fingerprint density at radius 3 is 2.30 bits per heavy atom. The van der Waals surface area contributed by atoms with Gasteiger partial charge in [-0.2, -0.15) is 13.2 Å². The zero-order valence-electron chi connectivity index (χ0n) is 10.7. The van der Waals surface area contributed by atoms with Crippen molar-refractivity contribution in [3.05, 3.63) is 35.1 Å². The van der Waals surface area contributed by atoms with Crippen molar-refractivity contribution in [2.75, 3.05) is 0 Å². The summed E-state index contributed by atoms with van der Waals surface area (Å²) < 4.78 is 71.1. The van der Waals surface area contributed by atoms with E-state index in [0.717, 1.165) is 6.07 Å². The maximum atomic E-state index is 13.6. The van der Waals surface area contributed by atoms with E-state index >= 15 is 0 Å². The molecule has 1 aromatic heterocycles. The van der Waals surface area contributed by atoms with Gasteiger partial charge in [-0.3, -0.25) is 0 Å². The molecule has 0 saturated carbocycles. The van der Waals surface area contributed by atoms with Crippen molar-refractivity contribution in [3.63, 3.8) is 0 Å². The van der Waals surface area contributed by atoms with Gasteiger partial charge in [0.05, 0.1) is 0 Å². The van der Waals surface area contributed by atoms with Gasteiger partial charge in [-0.15, -0.1) is 0 Å². The molecule has 0 radical (unpaired) electrons. The maximum Gasteiger partial charge on any atom is 0.413 e. The Morgan fingerprint density at radius 2 is 1.80 bits per heavy atom. The van der Waals surface area contributed by atoms with E-state index < -0.39 is 41.1 Å². The Hall–Kier alpha value is -1.63. The van der Waals surface area contributed by atoms with Gasteiger partial charge in [0.15, 0.2) is 16.9 Å². The Balaban J connectivity index is 2.79. The number of rotatable bonds is 2. The number of nitrogens with two attached hydrogens (primary N) is 1. The molecule has 20 heavy (non-hydrogen) atoms. The summed E-state index contributed by atoms with van der Waals surface area (Å²) in [6, 6.07) is 1.47. The van der Waals surface area contributed by atoms with Crippen molar-refractivity contribution >= 4 is 11.0 Å². The highest BCUT2D eigenvalue weighted by molar-refractivity contribution is 5.83. The number of fused-ring (bicyclic) bond motifs is 1. The highest BCUT2D eigenvalue weighted by Gasteiger charge is 2.55. The van der Waals surface area contributed by atoms with E-state index in [2.05, 4.69) is 0 Å². The van der Waals surface area contributed by atoms with E-state index in [9.17, 15) is 22.0 Å². The van der Waals surface area contributed by atoms with E-state index in [1.165, 1.54) is 13.8 Å². The van der Waals surface area contributed by atoms with Gasteiger partial charge in [0.25, 0.3) is 0 Å². The van der Waals surface area contributed by atoms with Gasteiger partial charge in [-0.05, 0) is 19.4 Å². The van der Waals surface area contributed by atoms with Crippen LogP contribution in [0.25, 0.3) is 11.0 Å².